The molecule has 4 rings (SSSR count). The Morgan fingerprint density at radius 3 is 2.18 bits per heavy atom. The van der Waals surface area contributed by atoms with Crippen LogP contribution in [0, 0.1) is 0 Å². The highest BCUT2D eigenvalue weighted by Gasteiger charge is 2.23. The van der Waals surface area contributed by atoms with Crippen molar-refractivity contribution < 1.29 is 14.3 Å². The van der Waals surface area contributed by atoms with Crippen LogP contribution in [0.4, 0.5) is 11.4 Å². The number of rotatable bonds is 9. The van der Waals surface area contributed by atoms with Crippen LogP contribution in [0.2, 0.25) is 0 Å². The van der Waals surface area contributed by atoms with Crippen molar-refractivity contribution in [1.29, 1.82) is 0 Å². The first kappa shape index (κ1) is 23.6. The molecule has 0 aliphatic carbocycles. The molecule has 34 heavy (non-hydrogen) atoms. The quantitative estimate of drug-likeness (QED) is 0.445. The zero-order valence-corrected chi connectivity index (χ0v) is 20.0. The Balaban J connectivity index is 1.50. The van der Waals surface area contributed by atoms with Crippen LogP contribution in [0.25, 0.3) is 0 Å². The van der Waals surface area contributed by atoms with Crippen LogP contribution in [-0.2, 0) is 11.3 Å². The number of carbonyl (C=O) groups is 1. The van der Waals surface area contributed by atoms with Gasteiger partial charge in [0.1, 0.15) is 11.3 Å². The number of nitrogens with zero attached hydrogens (tertiary/aromatic N) is 3. The molecule has 6 nitrogen and oxygen atoms in total. The van der Waals surface area contributed by atoms with E-state index in [9.17, 15) is 4.79 Å². The molecule has 0 atom stereocenters. The lowest BCUT2D eigenvalue weighted by Gasteiger charge is -2.37. The molecule has 1 aliphatic rings. The molecule has 0 amide bonds. The second-order valence-electron chi connectivity index (χ2n) is 8.42. The van der Waals surface area contributed by atoms with Crippen LogP contribution in [0.1, 0.15) is 15.9 Å². The Morgan fingerprint density at radius 2 is 1.53 bits per heavy atom. The van der Waals surface area contributed by atoms with Gasteiger partial charge in [-0.2, -0.15) is 0 Å². The summed E-state index contributed by atoms with van der Waals surface area (Å²) < 4.78 is 10.6. The maximum Gasteiger partial charge on any atom is 0.343 e. The third-order valence-electron chi connectivity index (χ3n) is 6.35. The van der Waals surface area contributed by atoms with E-state index in [2.05, 4.69) is 57.2 Å². The normalized spacial score (nSPS) is 14.0. The van der Waals surface area contributed by atoms with Crippen molar-refractivity contribution in [3.63, 3.8) is 0 Å². The Morgan fingerprint density at radius 1 is 0.853 bits per heavy atom. The number of piperazine rings is 1. The van der Waals surface area contributed by atoms with Gasteiger partial charge in [-0.15, -0.1) is 0 Å². The minimum absolute atomic E-state index is 0.387. The first-order valence-electron chi connectivity index (χ1n) is 11.8. The largest absolute Gasteiger partial charge is 0.496 e. The van der Waals surface area contributed by atoms with Gasteiger partial charge in [-0.05, 0) is 29.8 Å². The van der Waals surface area contributed by atoms with Gasteiger partial charge < -0.3 is 19.3 Å². The van der Waals surface area contributed by atoms with Gasteiger partial charge in [0.05, 0.1) is 19.9 Å². The van der Waals surface area contributed by atoms with Crippen molar-refractivity contribution in [3.8, 4) is 5.75 Å². The lowest BCUT2D eigenvalue weighted by Crippen LogP contribution is -2.48. The molecule has 3 aromatic carbocycles. The minimum Gasteiger partial charge on any atom is -0.496 e. The van der Waals surface area contributed by atoms with Crippen molar-refractivity contribution in [3.05, 3.63) is 90.0 Å². The summed E-state index contributed by atoms with van der Waals surface area (Å²) in [6.45, 7) is 6.43. The fourth-order valence-electron chi connectivity index (χ4n) is 4.48. The monoisotopic (exact) mass is 459 g/mol. The van der Waals surface area contributed by atoms with Gasteiger partial charge in [-0.3, -0.25) is 4.90 Å². The number of benzene rings is 3. The number of carbonyl (C=O) groups excluding carboxylic acids is 1. The maximum atomic E-state index is 12.7. The maximum absolute atomic E-state index is 12.7. The van der Waals surface area contributed by atoms with Crippen molar-refractivity contribution in [2.75, 3.05) is 63.3 Å². The molecule has 1 saturated heterocycles. The van der Waals surface area contributed by atoms with Crippen molar-refractivity contribution in [2.24, 2.45) is 0 Å². The lowest BCUT2D eigenvalue weighted by molar-refractivity contribution is 0.0597. The average Bonchev–Trinajstić information content (AvgIpc) is 2.91. The smallest absolute Gasteiger partial charge is 0.343 e. The van der Waals surface area contributed by atoms with Crippen molar-refractivity contribution >= 4 is 17.3 Å². The number of hydrogen-bond donors (Lipinski definition) is 0. The predicted molar refractivity (Wildman–Crippen MR) is 137 cm³/mol. The number of esters is 1. The first-order chi connectivity index (χ1) is 16.7. The van der Waals surface area contributed by atoms with E-state index in [1.807, 2.05) is 30.3 Å². The Kier molecular flexibility index (Phi) is 8.04. The zero-order valence-electron chi connectivity index (χ0n) is 20.0. The Labute approximate surface area is 202 Å². The molecule has 0 aromatic heterocycles. The van der Waals surface area contributed by atoms with Gasteiger partial charge in [0.2, 0.25) is 0 Å². The van der Waals surface area contributed by atoms with E-state index >= 15 is 0 Å². The van der Waals surface area contributed by atoms with E-state index in [1.54, 1.807) is 13.2 Å². The van der Waals surface area contributed by atoms with Gasteiger partial charge in [0, 0.05) is 51.5 Å². The van der Waals surface area contributed by atoms with Gasteiger partial charge in [-0.1, -0.05) is 54.6 Å². The summed E-state index contributed by atoms with van der Waals surface area (Å²) in [5.41, 5.74) is 3.78. The molecule has 0 radical (unpaired) electrons. The third-order valence-corrected chi connectivity index (χ3v) is 6.35. The van der Waals surface area contributed by atoms with E-state index in [1.165, 1.54) is 18.4 Å². The van der Waals surface area contributed by atoms with Crippen molar-refractivity contribution in [1.82, 2.24) is 4.90 Å². The molecule has 0 saturated carbocycles. The standard InChI is InChI=1S/C28H33N3O3/c1-33-26-15-9-14-25(27(26)28(32)34-2)31(22-23-10-5-3-6-11-23)21-18-29-16-19-30(20-17-29)24-12-7-4-8-13-24/h3-15H,16-22H2,1-2H3. The third kappa shape index (κ3) is 5.69. The van der Waals surface area contributed by atoms with E-state index < -0.39 is 0 Å². The van der Waals surface area contributed by atoms with Crippen LogP contribution in [0.15, 0.2) is 78.9 Å². The molecule has 0 N–H and O–H groups in total. The average molecular weight is 460 g/mol. The summed E-state index contributed by atoms with van der Waals surface area (Å²) in [7, 11) is 2.99. The molecular formula is C28H33N3O3. The van der Waals surface area contributed by atoms with E-state index in [4.69, 9.17) is 9.47 Å². The molecular weight excluding hydrogens is 426 g/mol. The first-order valence-corrected chi connectivity index (χ1v) is 11.8. The van der Waals surface area contributed by atoms with Crippen LogP contribution in [-0.4, -0.2) is 64.4 Å². The zero-order chi connectivity index (χ0) is 23.8. The molecule has 178 valence electrons. The summed E-state index contributed by atoms with van der Waals surface area (Å²) in [5.74, 6) is 0.140. The summed E-state index contributed by atoms with van der Waals surface area (Å²) in [4.78, 5) is 19.9. The van der Waals surface area contributed by atoms with Crippen LogP contribution in [0.3, 0.4) is 0 Å². The molecule has 1 fully saturated rings. The highest BCUT2D eigenvalue weighted by molar-refractivity contribution is 5.99. The van der Waals surface area contributed by atoms with Gasteiger partial charge in [0.25, 0.3) is 0 Å². The summed E-state index contributed by atoms with van der Waals surface area (Å²) in [6, 6.07) is 26.6. The highest BCUT2D eigenvalue weighted by Crippen LogP contribution is 2.31. The molecule has 1 heterocycles. The molecule has 0 bridgehead atoms. The van der Waals surface area contributed by atoms with E-state index in [-0.39, 0.29) is 5.97 Å². The minimum atomic E-state index is -0.387. The Hall–Kier alpha value is -3.51. The van der Waals surface area contributed by atoms with E-state index in [0.29, 0.717) is 17.9 Å². The van der Waals surface area contributed by atoms with Crippen LogP contribution < -0.4 is 14.5 Å². The summed E-state index contributed by atoms with van der Waals surface area (Å²) in [5, 5.41) is 0. The number of para-hydroxylation sites is 1. The number of hydrogen-bond acceptors (Lipinski definition) is 6. The van der Waals surface area contributed by atoms with Gasteiger partial charge in [-0.25, -0.2) is 4.79 Å². The van der Waals surface area contributed by atoms with Gasteiger partial charge >= 0.3 is 5.97 Å². The second kappa shape index (κ2) is 11.6. The Bertz CT molecular complexity index is 1050. The van der Waals surface area contributed by atoms with Gasteiger partial charge in [0.15, 0.2) is 0 Å². The number of ether oxygens (including phenoxy) is 2. The number of anilines is 2. The highest BCUT2D eigenvalue weighted by atomic mass is 16.5. The fourth-order valence-corrected chi connectivity index (χ4v) is 4.48. The fraction of sp³-hybridized carbons (Fsp3) is 0.321. The molecule has 3 aromatic rings. The number of methoxy groups -OCH3 is 2. The van der Waals surface area contributed by atoms with E-state index in [0.717, 1.165) is 45.0 Å². The SMILES string of the molecule is COC(=O)c1c(OC)cccc1N(CCN1CCN(c2ccccc2)CC1)Cc1ccccc1. The molecule has 0 unspecified atom stereocenters. The predicted octanol–water partition coefficient (Wildman–Crippen LogP) is 4.31. The molecule has 6 heteroatoms. The lowest BCUT2D eigenvalue weighted by atomic mass is 10.1. The van der Waals surface area contributed by atoms with Crippen molar-refractivity contribution in [2.45, 2.75) is 6.54 Å². The van der Waals surface area contributed by atoms with Crippen LogP contribution >= 0.6 is 0 Å². The molecule has 0 spiro atoms. The van der Waals surface area contributed by atoms with Crippen LogP contribution in [0.5, 0.6) is 5.75 Å². The second-order valence-corrected chi connectivity index (χ2v) is 8.42. The summed E-state index contributed by atoms with van der Waals surface area (Å²) >= 11 is 0. The summed E-state index contributed by atoms with van der Waals surface area (Å²) in [6.07, 6.45) is 0. The topological polar surface area (TPSA) is 45.3 Å². The molecule has 1 aliphatic heterocycles.